The van der Waals surface area contributed by atoms with E-state index in [0.717, 1.165) is 25.4 Å². The summed E-state index contributed by atoms with van der Waals surface area (Å²) in [6, 6.07) is 4.12. The van der Waals surface area contributed by atoms with Gasteiger partial charge >= 0.3 is 0 Å². The molecule has 2 N–H and O–H groups in total. The standard InChI is InChI=1S/C11H17N3/c1-2-10(6-12-4-1)3-5-13-7-11-8-14-9-11/h1-2,4,6,11,13-14H,3,5,7-9H2. The summed E-state index contributed by atoms with van der Waals surface area (Å²) in [5.74, 6) is 0.851. The number of nitrogens with zero attached hydrogens (tertiary/aromatic N) is 1. The van der Waals surface area contributed by atoms with Crippen LogP contribution < -0.4 is 10.6 Å². The Balaban J connectivity index is 1.58. The van der Waals surface area contributed by atoms with E-state index in [9.17, 15) is 0 Å². The van der Waals surface area contributed by atoms with E-state index in [-0.39, 0.29) is 0 Å². The third-order valence-electron chi connectivity index (χ3n) is 2.61. The van der Waals surface area contributed by atoms with Crippen LogP contribution in [-0.4, -0.2) is 31.2 Å². The van der Waals surface area contributed by atoms with Crippen LogP contribution in [0, 0.1) is 5.92 Å². The zero-order chi connectivity index (χ0) is 9.64. The molecule has 3 heteroatoms. The van der Waals surface area contributed by atoms with Gasteiger partial charge in [-0.25, -0.2) is 0 Å². The SMILES string of the molecule is c1cncc(CCNCC2CNC2)c1. The van der Waals surface area contributed by atoms with Gasteiger partial charge in [-0.3, -0.25) is 4.98 Å². The average Bonchev–Trinajstić information content (AvgIpc) is 2.16. The van der Waals surface area contributed by atoms with Crippen molar-refractivity contribution in [2.75, 3.05) is 26.2 Å². The maximum Gasteiger partial charge on any atom is 0.0300 e. The first kappa shape index (κ1) is 9.62. The zero-order valence-electron chi connectivity index (χ0n) is 8.37. The van der Waals surface area contributed by atoms with E-state index < -0.39 is 0 Å². The Hall–Kier alpha value is -0.930. The van der Waals surface area contributed by atoms with Crippen LogP contribution in [0.3, 0.4) is 0 Å². The van der Waals surface area contributed by atoms with Gasteiger partial charge in [0, 0.05) is 32.0 Å². The molecular formula is C11H17N3. The van der Waals surface area contributed by atoms with E-state index >= 15 is 0 Å². The molecule has 1 aliphatic rings. The fourth-order valence-electron chi connectivity index (χ4n) is 1.58. The molecule has 0 amide bonds. The van der Waals surface area contributed by atoms with Crippen molar-refractivity contribution in [1.29, 1.82) is 0 Å². The molecule has 1 aliphatic heterocycles. The van der Waals surface area contributed by atoms with Crippen molar-refractivity contribution in [3.63, 3.8) is 0 Å². The fraction of sp³-hybridized carbons (Fsp3) is 0.545. The molecule has 3 nitrogen and oxygen atoms in total. The van der Waals surface area contributed by atoms with Gasteiger partial charge in [-0.1, -0.05) is 6.07 Å². The number of nitrogens with one attached hydrogen (secondary N) is 2. The van der Waals surface area contributed by atoms with Gasteiger partial charge in [0.1, 0.15) is 0 Å². The van der Waals surface area contributed by atoms with Gasteiger partial charge in [-0.15, -0.1) is 0 Å². The Morgan fingerprint density at radius 2 is 2.43 bits per heavy atom. The van der Waals surface area contributed by atoms with Gasteiger partial charge in [0.25, 0.3) is 0 Å². The number of aromatic nitrogens is 1. The minimum absolute atomic E-state index is 0.851. The Morgan fingerprint density at radius 3 is 3.07 bits per heavy atom. The first-order chi connectivity index (χ1) is 6.95. The van der Waals surface area contributed by atoms with Gasteiger partial charge in [0.15, 0.2) is 0 Å². The van der Waals surface area contributed by atoms with E-state index in [1.165, 1.54) is 18.7 Å². The molecular weight excluding hydrogens is 174 g/mol. The van der Waals surface area contributed by atoms with Crippen LogP contribution in [0.25, 0.3) is 0 Å². The lowest BCUT2D eigenvalue weighted by atomic mass is 10.0. The predicted molar refractivity (Wildman–Crippen MR) is 57.2 cm³/mol. The third kappa shape index (κ3) is 2.79. The van der Waals surface area contributed by atoms with Crippen molar-refractivity contribution < 1.29 is 0 Å². The highest BCUT2D eigenvalue weighted by atomic mass is 15.0. The number of hydrogen-bond donors (Lipinski definition) is 2. The molecule has 0 atom stereocenters. The maximum absolute atomic E-state index is 4.09. The molecule has 76 valence electrons. The smallest absolute Gasteiger partial charge is 0.0300 e. The molecule has 0 bridgehead atoms. The van der Waals surface area contributed by atoms with Crippen LogP contribution in [0.5, 0.6) is 0 Å². The first-order valence-electron chi connectivity index (χ1n) is 5.25. The van der Waals surface area contributed by atoms with Crippen molar-refractivity contribution in [2.24, 2.45) is 5.92 Å². The van der Waals surface area contributed by atoms with Crippen LogP contribution in [-0.2, 0) is 6.42 Å². The van der Waals surface area contributed by atoms with Crippen LogP contribution in [0.15, 0.2) is 24.5 Å². The zero-order valence-corrected chi connectivity index (χ0v) is 8.37. The second kappa shape index (κ2) is 5.08. The van der Waals surface area contributed by atoms with E-state index in [1.807, 2.05) is 18.5 Å². The maximum atomic E-state index is 4.09. The van der Waals surface area contributed by atoms with Crippen molar-refractivity contribution >= 4 is 0 Å². The van der Waals surface area contributed by atoms with Crippen molar-refractivity contribution in [1.82, 2.24) is 15.6 Å². The summed E-state index contributed by atoms with van der Waals surface area (Å²) >= 11 is 0. The lowest BCUT2D eigenvalue weighted by molar-refractivity contribution is 0.333. The Morgan fingerprint density at radius 1 is 1.50 bits per heavy atom. The summed E-state index contributed by atoms with van der Waals surface area (Å²) in [5, 5.41) is 6.74. The first-order valence-corrected chi connectivity index (χ1v) is 5.25. The molecule has 1 aromatic rings. The van der Waals surface area contributed by atoms with Crippen LogP contribution in [0.2, 0.25) is 0 Å². The van der Waals surface area contributed by atoms with Gasteiger partial charge in [-0.05, 0) is 30.5 Å². The minimum Gasteiger partial charge on any atom is -0.316 e. The minimum atomic E-state index is 0.851. The number of hydrogen-bond acceptors (Lipinski definition) is 3. The van der Waals surface area contributed by atoms with E-state index in [2.05, 4.69) is 21.7 Å². The second-order valence-corrected chi connectivity index (χ2v) is 3.84. The molecule has 0 aromatic carbocycles. The highest BCUT2D eigenvalue weighted by molar-refractivity contribution is 5.08. The Labute approximate surface area is 84.9 Å². The normalized spacial score (nSPS) is 16.6. The molecule has 1 aromatic heterocycles. The number of pyridine rings is 1. The fourth-order valence-corrected chi connectivity index (χ4v) is 1.58. The summed E-state index contributed by atoms with van der Waals surface area (Å²) in [5.41, 5.74) is 1.31. The molecule has 0 spiro atoms. The molecule has 0 unspecified atom stereocenters. The summed E-state index contributed by atoms with van der Waals surface area (Å²) in [6.45, 7) is 4.56. The van der Waals surface area contributed by atoms with Gasteiger partial charge < -0.3 is 10.6 Å². The van der Waals surface area contributed by atoms with Crippen molar-refractivity contribution in [3.05, 3.63) is 30.1 Å². The third-order valence-corrected chi connectivity index (χ3v) is 2.61. The van der Waals surface area contributed by atoms with Crippen LogP contribution >= 0.6 is 0 Å². The largest absolute Gasteiger partial charge is 0.316 e. The Kier molecular flexibility index (Phi) is 3.49. The lowest BCUT2D eigenvalue weighted by Crippen LogP contribution is -2.47. The topological polar surface area (TPSA) is 37.0 Å². The second-order valence-electron chi connectivity index (χ2n) is 3.84. The highest BCUT2D eigenvalue weighted by Gasteiger charge is 2.14. The van der Waals surface area contributed by atoms with Gasteiger partial charge in [0.2, 0.25) is 0 Å². The monoisotopic (exact) mass is 191 g/mol. The van der Waals surface area contributed by atoms with Gasteiger partial charge in [-0.2, -0.15) is 0 Å². The van der Waals surface area contributed by atoms with Crippen LogP contribution in [0.1, 0.15) is 5.56 Å². The summed E-state index contributed by atoms with van der Waals surface area (Å²) in [6.07, 6.45) is 4.83. The van der Waals surface area contributed by atoms with Crippen molar-refractivity contribution in [2.45, 2.75) is 6.42 Å². The quantitative estimate of drug-likeness (QED) is 0.663. The van der Waals surface area contributed by atoms with Crippen LogP contribution in [0.4, 0.5) is 0 Å². The lowest BCUT2D eigenvalue weighted by Gasteiger charge is -2.27. The molecule has 0 aliphatic carbocycles. The molecule has 14 heavy (non-hydrogen) atoms. The molecule has 1 fully saturated rings. The average molecular weight is 191 g/mol. The molecule has 2 heterocycles. The number of rotatable bonds is 5. The van der Waals surface area contributed by atoms with E-state index in [0.29, 0.717) is 0 Å². The molecule has 1 saturated heterocycles. The predicted octanol–water partition coefficient (Wildman–Crippen LogP) is 0.433. The molecule has 2 rings (SSSR count). The van der Waals surface area contributed by atoms with E-state index in [1.54, 1.807) is 0 Å². The van der Waals surface area contributed by atoms with Crippen molar-refractivity contribution in [3.8, 4) is 0 Å². The Bertz CT molecular complexity index is 256. The molecule has 0 radical (unpaired) electrons. The summed E-state index contributed by atoms with van der Waals surface area (Å²) < 4.78 is 0. The summed E-state index contributed by atoms with van der Waals surface area (Å²) in [7, 11) is 0. The molecule has 0 saturated carbocycles. The van der Waals surface area contributed by atoms with E-state index in [4.69, 9.17) is 0 Å². The highest BCUT2D eigenvalue weighted by Crippen LogP contribution is 2.00. The van der Waals surface area contributed by atoms with Gasteiger partial charge in [0.05, 0.1) is 0 Å². The summed E-state index contributed by atoms with van der Waals surface area (Å²) in [4.78, 5) is 4.09.